The van der Waals surface area contributed by atoms with Crippen LogP contribution in [0.25, 0.3) is 6.08 Å². The van der Waals surface area contributed by atoms with Crippen LogP contribution in [0.1, 0.15) is 21.6 Å². The fraction of sp³-hybridized carbons (Fsp3) is 0.143. The fourth-order valence-corrected chi connectivity index (χ4v) is 1.71. The van der Waals surface area contributed by atoms with Crippen LogP contribution in [0.4, 0.5) is 5.69 Å². The summed E-state index contributed by atoms with van der Waals surface area (Å²) in [4.78, 5) is 22.2. The molecule has 1 aromatic heterocycles. The lowest BCUT2D eigenvalue weighted by atomic mass is 10.1. The molecule has 0 aliphatic rings. The first kappa shape index (κ1) is 13.7. The number of nitro groups is 1. The van der Waals surface area contributed by atoms with Crippen molar-refractivity contribution >= 4 is 17.5 Å². The number of aryl methyl sites for hydroxylation is 2. The zero-order chi connectivity index (χ0) is 14.7. The molecule has 0 saturated carbocycles. The molecule has 0 radical (unpaired) electrons. The summed E-state index contributed by atoms with van der Waals surface area (Å²) < 4.78 is 1.26. The standard InChI is InChI=1S/C14H13N3O3/c1-10-3-5-11(6-4-10)7-8-13(18)14-12(17(19)20)9-16(2)15-14/h3-9H,1-2H3/b8-7+. The van der Waals surface area contributed by atoms with Crippen molar-refractivity contribution in [3.63, 3.8) is 0 Å². The van der Waals surface area contributed by atoms with Gasteiger partial charge in [-0.15, -0.1) is 0 Å². The molecule has 102 valence electrons. The van der Waals surface area contributed by atoms with Crippen molar-refractivity contribution in [1.82, 2.24) is 9.78 Å². The lowest BCUT2D eigenvalue weighted by Crippen LogP contribution is -2.01. The van der Waals surface area contributed by atoms with Gasteiger partial charge in [0.2, 0.25) is 11.5 Å². The van der Waals surface area contributed by atoms with Crippen molar-refractivity contribution in [3.05, 3.63) is 63.5 Å². The smallest absolute Gasteiger partial charge is 0.287 e. The molecule has 0 amide bonds. The Bertz CT molecular complexity index is 684. The first-order chi connectivity index (χ1) is 9.47. The van der Waals surface area contributed by atoms with E-state index in [1.54, 1.807) is 6.08 Å². The van der Waals surface area contributed by atoms with Crippen molar-refractivity contribution in [1.29, 1.82) is 0 Å². The van der Waals surface area contributed by atoms with Gasteiger partial charge in [-0.3, -0.25) is 19.6 Å². The quantitative estimate of drug-likeness (QED) is 0.370. The molecule has 2 rings (SSSR count). The normalized spacial score (nSPS) is 10.9. The van der Waals surface area contributed by atoms with E-state index < -0.39 is 10.7 Å². The summed E-state index contributed by atoms with van der Waals surface area (Å²) in [5.41, 5.74) is 1.53. The monoisotopic (exact) mass is 271 g/mol. The Kier molecular flexibility index (Phi) is 3.74. The van der Waals surface area contributed by atoms with Crippen LogP contribution in [-0.2, 0) is 7.05 Å². The van der Waals surface area contributed by atoms with Crippen LogP contribution in [0.5, 0.6) is 0 Å². The van der Waals surface area contributed by atoms with E-state index >= 15 is 0 Å². The average molecular weight is 271 g/mol. The summed E-state index contributed by atoms with van der Waals surface area (Å²) in [6, 6.07) is 7.58. The fourth-order valence-electron chi connectivity index (χ4n) is 1.71. The van der Waals surface area contributed by atoms with Gasteiger partial charge in [0.25, 0.3) is 0 Å². The third-order valence-corrected chi connectivity index (χ3v) is 2.74. The zero-order valence-corrected chi connectivity index (χ0v) is 11.1. The second kappa shape index (κ2) is 5.48. The molecule has 0 unspecified atom stereocenters. The molecule has 6 heteroatoms. The summed E-state index contributed by atoms with van der Waals surface area (Å²) in [7, 11) is 1.54. The Balaban J connectivity index is 2.24. The molecular formula is C14H13N3O3. The lowest BCUT2D eigenvalue weighted by Gasteiger charge is -1.94. The minimum absolute atomic E-state index is 0.152. The van der Waals surface area contributed by atoms with Gasteiger partial charge in [0, 0.05) is 7.05 Å². The van der Waals surface area contributed by atoms with Crippen molar-refractivity contribution in [2.45, 2.75) is 6.92 Å². The molecule has 0 fully saturated rings. The van der Waals surface area contributed by atoms with Crippen LogP contribution >= 0.6 is 0 Å². The van der Waals surface area contributed by atoms with E-state index in [1.807, 2.05) is 31.2 Å². The molecule has 0 N–H and O–H groups in total. The molecule has 1 aromatic carbocycles. The van der Waals surface area contributed by atoms with Gasteiger partial charge in [0.15, 0.2) is 0 Å². The molecule has 0 aliphatic carbocycles. The highest BCUT2D eigenvalue weighted by molar-refractivity contribution is 6.07. The van der Waals surface area contributed by atoms with E-state index in [0.717, 1.165) is 11.1 Å². The molecular weight excluding hydrogens is 258 g/mol. The van der Waals surface area contributed by atoms with Crippen LogP contribution in [0, 0.1) is 17.0 Å². The second-order valence-electron chi connectivity index (χ2n) is 4.40. The Morgan fingerprint density at radius 2 is 2.00 bits per heavy atom. The molecule has 0 bridgehead atoms. The Labute approximate surface area is 115 Å². The number of rotatable bonds is 4. The van der Waals surface area contributed by atoms with Crippen molar-refractivity contribution < 1.29 is 9.72 Å². The zero-order valence-electron chi connectivity index (χ0n) is 11.1. The van der Waals surface area contributed by atoms with Crippen LogP contribution in [0.3, 0.4) is 0 Å². The number of nitrogens with zero attached hydrogens (tertiary/aromatic N) is 3. The maximum atomic E-state index is 12.0. The number of hydrogen-bond donors (Lipinski definition) is 0. The molecule has 0 aliphatic heterocycles. The van der Waals surface area contributed by atoms with E-state index in [4.69, 9.17) is 0 Å². The minimum atomic E-state index is -0.611. The van der Waals surface area contributed by atoms with Crippen LogP contribution < -0.4 is 0 Å². The maximum Gasteiger partial charge on any atom is 0.318 e. The highest BCUT2D eigenvalue weighted by Gasteiger charge is 2.22. The van der Waals surface area contributed by atoms with Crippen molar-refractivity contribution in [3.8, 4) is 0 Å². The number of hydrogen-bond acceptors (Lipinski definition) is 4. The Hall–Kier alpha value is -2.76. The highest BCUT2D eigenvalue weighted by Crippen LogP contribution is 2.17. The van der Waals surface area contributed by atoms with Crippen LogP contribution in [0.2, 0.25) is 0 Å². The molecule has 20 heavy (non-hydrogen) atoms. The predicted octanol–water partition coefficient (Wildman–Crippen LogP) is 2.53. The SMILES string of the molecule is Cc1ccc(/C=C/C(=O)c2nn(C)cc2[N+](=O)[O-])cc1. The summed E-state index contributed by atoms with van der Waals surface area (Å²) in [5, 5.41) is 14.7. The average Bonchev–Trinajstić information content (AvgIpc) is 2.80. The number of benzene rings is 1. The Morgan fingerprint density at radius 1 is 1.35 bits per heavy atom. The molecule has 0 spiro atoms. The van der Waals surface area contributed by atoms with Crippen LogP contribution in [-0.4, -0.2) is 20.5 Å². The van der Waals surface area contributed by atoms with Gasteiger partial charge in [-0.25, -0.2) is 0 Å². The van der Waals surface area contributed by atoms with Gasteiger partial charge < -0.3 is 0 Å². The second-order valence-corrected chi connectivity index (χ2v) is 4.40. The molecule has 0 saturated heterocycles. The number of ketones is 1. The number of allylic oxidation sites excluding steroid dienone is 1. The third kappa shape index (κ3) is 2.97. The first-order valence-corrected chi connectivity index (χ1v) is 5.94. The Morgan fingerprint density at radius 3 is 2.60 bits per heavy atom. The van der Waals surface area contributed by atoms with Gasteiger partial charge in [-0.05, 0) is 18.6 Å². The topological polar surface area (TPSA) is 78.0 Å². The summed E-state index contributed by atoms with van der Waals surface area (Å²) in [6.07, 6.45) is 4.12. The van der Waals surface area contributed by atoms with Crippen molar-refractivity contribution in [2.24, 2.45) is 7.05 Å². The van der Waals surface area contributed by atoms with Gasteiger partial charge >= 0.3 is 5.69 Å². The number of carbonyl (C=O) groups excluding carboxylic acids is 1. The van der Waals surface area contributed by atoms with E-state index in [0.29, 0.717) is 0 Å². The predicted molar refractivity (Wildman–Crippen MR) is 74.4 cm³/mol. The van der Waals surface area contributed by atoms with E-state index in [2.05, 4.69) is 5.10 Å². The van der Waals surface area contributed by atoms with Gasteiger partial charge in [-0.2, -0.15) is 5.10 Å². The summed E-state index contributed by atoms with van der Waals surface area (Å²) >= 11 is 0. The van der Waals surface area contributed by atoms with Gasteiger partial charge in [0.05, 0.1) is 4.92 Å². The molecule has 6 nitrogen and oxygen atoms in total. The third-order valence-electron chi connectivity index (χ3n) is 2.74. The minimum Gasteiger partial charge on any atom is -0.287 e. The van der Waals surface area contributed by atoms with Gasteiger partial charge in [0.1, 0.15) is 6.20 Å². The molecule has 2 aromatic rings. The number of carbonyl (C=O) groups is 1. The van der Waals surface area contributed by atoms with Crippen LogP contribution in [0.15, 0.2) is 36.5 Å². The lowest BCUT2D eigenvalue weighted by molar-refractivity contribution is -0.385. The first-order valence-electron chi connectivity index (χ1n) is 5.94. The highest BCUT2D eigenvalue weighted by atomic mass is 16.6. The van der Waals surface area contributed by atoms with E-state index in [-0.39, 0.29) is 11.4 Å². The molecule has 1 heterocycles. The van der Waals surface area contributed by atoms with Crippen molar-refractivity contribution in [2.75, 3.05) is 0 Å². The summed E-state index contributed by atoms with van der Waals surface area (Å²) in [6.45, 7) is 1.97. The largest absolute Gasteiger partial charge is 0.318 e. The maximum absolute atomic E-state index is 12.0. The molecule has 0 atom stereocenters. The number of aromatic nitrogens is 2. The van der Waals surface area contributed by atoms with E-state index in [1.165, 1.54) is 24.0 Å². The van der Waals surface area contributed by atoms with E-state index in [9.17, 15) is 14.9 Å². The van der Waals surface area contributed by atoms with Gasteiger partial charge in [-0.1, -0.05) is 35.9 Å². The summed E-state index contributed by atoms with van der Waals surface area (Å²) in [5.74, 6) is -0.488.